The summed E-state index contributed by atoms with van der Waals surface area (Å²) in [7, 11) is 1.81. The lowest BCUT2D eigenvalue weighted by Gasteiger charge is -2.17. The van der Waals surface area contributed by atoms with Crippen molar-refractivity contribution in [2.24, 2.45) is 0 Å². The number of para-hydroxylation sites is 2. The number of hydrogen-bond donors (Lipinski definition) is 1. The maximum absolute atomic E-state index is 12.3. The molecule has 1 N–H and O–H groups in total. The number of hydrogen-bond acceptors (Lipinski definition) is 2. The fourth-order valence-electron chi connectivity index (χ4n) is 2.54. The van der Waals surface area contributed by atoms with Crippen LogP contribution < -0.4 is 0 Å². The van der Waals surface area contributed by atoms with Crippen molar-refractivity contribution in [1.82, 2.24) is 14.9 Å². The largest absolute Gasteiger partial charge is 0.342 e. The Kier molecular flexibility index (Phi) is 4.63. The fourth-order valence-corrected chi connectivity index (χ4v) is 2.75. The summed E-state index contributed by atoms with van der Waals surface area (Å²) in [4.78, 5) is 21.7. The number of nitrogens with one attached hydrogen (secondary N) is 1. The standard InChI is InChI=1S/C18H18ClN3O/c1-22(12-13-5-4-6-14(19)11-13)18(23)10-9-17-20-15-7-2-3-8-16(15)21-17/h2-8,11H,9-10,12H2,1H3,(H,20,21). The van der Waals surface area contributed by atoms with E-state index in [1.54, 1.807) is 4.90 Å². The van der Waals surface area contributed by atoms with Crippen molar-refractivity contribution in [3.05, 3.63) is 64.9 Å². The van der Waals surface area contributed by atoms with E-state index in [2.05, 4.69) is 9.97 Å². The average molecular weight is 328 g/mol. The first-order chi connectivity index (χ1) is 11.1. The van der Waals surface area contributed by atoms with Crippen molar-refractivity contribution in [3.8, 4) is 0 Å². The summed E-state index contributed by atoms with van der Waals surface area (Å²) < 4.78 is 0. The summed E-state index contributed by atoms with van der Waals surface area (Å²) in [6.07, 6.45) is 1.03. The Balaban J connectivity index is 1.58. The minimum Gasteiger partial charge on any atom is -0.342 e. The topological polar surface area (TPSA) is 49.0 Å². The molecule has 0 saturated heterocycles. The molecule has 0 radical (unpaired) electrons. The molecule has 0 aliphatic rings. The number of aryl methyl sites for hydroxylation is 1. The molecule has 1 aromatic heterocycles. The maximum Gasteiger partial charge on any atom is 0.223 e. The highest BCUT2D eigenvalue weighted by atomic mass is 35.5. The number of aromatic amines is 1. The van der Waals surface area contributed by atoms with Gasteiger partial charge >= 0.3 is 0 Å². The molecular weight excluding hydrogens is 310 g/mol. The molecule has 0 fully saturated rings. The van der Waals surface area contributed by atoms with Gasteiger partial charge in [0.05, 0.1) is 11.0 Å². The highest BCUT2D eigenvalue weighted by Crippen LogP contribution is 2.14. The van der Waals surface area contributed by atoms with E-state index in [0.29, 0.717) is 24.4 Å². The van der Waals surface area contributed by atoms with Gasteiger partial charge in [-0.2, -0.15) is 0 Å². The smallest absolute Gasteiger partial charge is 0.223 e. The van der Waals surface area contributed by atoms with Crippen LogP contribution in [0.4, 0.5) is 0 Å². The normalized spacial score (nSPS) is 10.9. The first kappa shape index (κ1) is 15.6. The van der Waals surface area contributed by atoms with Gasteiger partial charge in [0.1, 0.15) is 5.82 Å². The molecular formula is C18H18ClN3O. The van der Waals surface area contributed by atoms with Crippen LogP contribution in [0.1, 0.15) is 17.8 Å². The second-order valence-electron chi connectivity index (χ2n) is 5.58. The van der Waals surface area contributed by atoms with Crippen LogP contribution >= 0.6 is 11.6 Å². The van der Waals surface area contributed by atoms with Crippen molar-refractivity contribution in [3.63, 3.8) is 0 Å². The summed E-state index contributed by atoms with van der Waals surface area (Å²) >= 11 is 5.97. The second-order valence-corrected chi connectivity index (χ2v) is 6.02. The summed E-state index contributed by atoms with van der Waals surface area (Å²) in [5, 5.41) is 0.686. The van der Waals surface area contributed by atoms with E-state index in [4.69, 9.17) is 11.6 Å². The molecule has 0 atom stereocenters. The molecule has 0 saturated carbocycles. The van der Waals surface area contributed by atoms with Crippen LogP contribution in [0.2, 0.25) is 5.02 Å². The van der Waals surface area contributed by atoms with Crippen LogP contribution in [0.15, 0.2) is 48.5 Å². The number of benzene rings is 2. The molecule has 23 heavy (non-hydrogen) atoms. The van der Waals surface area contributed by atoms with E-state index in [1.807, 2.05) is 55.6 Å². The Morgan fingerprint density at radius 1 is 1.22 bits per heavy atom. The van der Waals surface area contributed by atoms with Crippen molar-refractivity contribution >= 4 is 28.5 Å². The number of carbonyl (C=O) groups is 1. The van der Waals surface area contributed by atoms with Crippen LogP contribution in [-0.2, 0) is 17.8 Å². The maximum atomic E-state index is 12.3. The summed E-state index contributed by atoms with van der Waals surface area (Å²) in [6.45, 7) is 0.555. The molecule has 0 spiro atoms. The number of halogens is 1. The minimum absolute atomic E-state index is 0.0884. The number of amides is 1. The zero-order valence-corrected chi connectivity index (χ0v) is 13.7. The highest BCUT2D eigenvalue weighted by Gasteiger charge is 2.11. The third-order valence-electron chi connectivity index (χ3n) is 3.75. The molecule has 1 amide bonds. The molecule has 0 unspecified atom stereocenters. The van der Waals surface area contributed by atoms with Gasteiger partial charge in [-0.3, -0.25) is 4.79 Å². The highest BCUT2D eigenvalue weighted by molar-refractivity contribution is 6.30. The zero-order valence-electron chi connectivity index (χ0n) is 12.9. The molecule has 1 heterocycles. The molecule has 0 bridgehead atoms. The lowest BCUT2D eigenvalue weighted by atomic mass is 10.2. The van der Waals surface area contributed by atoms with Gasteiger partial charge in [0.15, 0.2) is 0 Å². The molecule has 3 rings (SSSR count). The number of carbonyl (C=O) groups excluding carboxylic acids is 1. The van der Waals surface area contributed by atoms with Crippen LogP contribution in [0.3, 0.4) is 0 Å². The number of fused-ring (bicyclic) bond motifs is 1. The monoisotopic (exact) mass is 327 g/mol. The Hall–Kier alpha value is -2.33. The van der Waals surface area contributed by atoms with Gasteiger partial charge in [0.2, 0.25) is 5.91 Å². The van der Waals surface area contributed by atoms with E-state index in [-0.39, 0.29) is 5.91 Å². The molecule has 0 aliphatic heterocycles. The van der Waals surface area contributed by atoms with Gasteiger partial charge in [-0.05, 0) is 29.8 Å². The number of imidazole rings is 1. The van der Waals surface area contributed by atoms with Crippen molar-refractivity contribution in [1.29, 1.82) is 0 Å². The molecule has 4 nitrogen and oxygen atoms in total. The summed E-state index contributed by atoms with van der Waals surface area (Å²) in [5.41, 5.74) is 2.96. The van der Waals surface area contributed by atoms with Gasteiger partial charge in [-0.1, -0.05) is 35.9 Å². The number of aromatic nitrogens is 2. The Labute approximate surface area is 140 Å². The quantitative estimate of drug-likeness (QED) is 0.774. The molecule has 2 aromatic carbocycles. The van der Waals surface area contributed by atoms with Gasteiger partial charge in [-0.15, -0.1) is 0 Å². The predicted molar refractivity (Wildman–Crippen MR) is 92.3 cm³/mol. The number of H-pyrrole nitrogens is 1. The SMILES string of the molecule is CN(Cc1cccc(Cl)c1)C(=O)CCc1nc2ccccc2[nH]1. The summed E-state index contributed by atoms with van der Waals surface area (Å²) in [6, 6.07) is 15.4. The van der Waals surface area contributed by atoms with Crippen LogP contribution in [0, 0.1) is 0 Å². The number of rotatable bonds is 5. The van der Waals surface area contributed by atoms with E-state index in [9.17, 15) is 4.79 Å². The lowest BCUT2D eigenvalue weighted by Crippen LogP contribution is -2.26. The van der Waals surface area contributed by atoms with Gasteiger partial charge in [0.25, 0.3) is 0 Å². The Bertz CT molecular complexity index is 795. The van der Waals surface area contributed by atoms with E-state index in [1.165, 1.54) is 0 Å². The van der Waals surface area contributed by atoms with E-state index >= 15 is 0 Å². The van der Waals surface area contributed by atoms with Crippen molar-refractivity contribution < 1.29 is 4.79 Å². The fraction of sp³-hybridized carbons (Fsp3) is 0.222. The Morgan fingerprint density at radius 2 is 2.04 bits per heavy atom. The minimum atomic E-state index is 0.0884. The van der Waals surface area contributed by atoms with Gasteiger partial charge in [0, 0.05) is 31.5 Å². The zero-order chi connectivity index (χ0) is 16.2. The predicted octanol–water partition coefficient (Wildman–Crippen LogP) is 3.81. The first-order valence-corrected chi connectivity index (χ1v) is 7.91. The third kappa shape index (κ3) is 3.90. The Morgan fingerprint density at radius 3 is 2.83 bits per heavy atom. The molecule has 0 aliphatic carbocycles. The van der Waals surface area contributed by atoms with Crippen molar-refractivity contribution in [2.75, 3.05) is 7.05 Å². The number of nitrogens with zero attached hydrogens (tertiary/aromatic N) is 2. The van der Waals surface area contributed by atoms with E-state index in [0.717, 1.165) is 22.4 Å². The molecule has 5 heteroatoms. The van der Waals surface area contributed by atoms with Crippen LogP contribution in [0.5, 0.6) is 0 Å². The lowest BCUT2D eigenvalue weighted by molar-refractivity contribution is -0.130. The van der Waals surface area contributed by atoms with Gasteiger partial charge < -0.3 is 9.88 Å². The van der Waals surface area contributed by atoms with Crippen LogP contribution in [-0.4, -0.2) is 27.8 Å². The average Bonchev–Trinajstić information content (AvgIpc) is 2.95. The first-order valence-electron chi connectivity index (χ1n) is 7.54. The van der Waals surface area contributed by atoms with Gasteiger partial charge in [-0.25, -0.2) is 4.98 Å². The molecule has 118 valence electrons. The van der Waals surface area contributed by atoms with E-state index < -0.39 is 0 Å². The second kappa shape index (κ2) is 6.84. The molecule has 3 aromatic rings. The summed E-state index contributed by atoms with van der Waals surface area (Å²) in [5.74, 6) is 0.932. The third-order valence-corrected chi connectivity index (χ3v) is 3.98. The van der Waals surface area contributed by atoms with Crippen molar-refractivity contribution in [2.45, 2.75) is 19.4 Å². The van der Waals surface area contributed by atoms with Crippen LogP contribution in [0.25, 0.3) is 11.0 Å².